The van der Waals surface area contributed by atoms with Crippen molar-refractivity contribution >= 4 is 17.6 Å². The number of benzene rings is 1. The Bertz CT molecular complexity index is 474. The molecule has 0 unspecified atom stereocenters. The van der Waals surface area contributed by atoms with Crippen molar-refractivity contribution in [1.29, 1.82) is 0 Å². The number of rotatable bonds is 4. The van der Waals surface area contributed by atoms with Crippen LogP contribution in [0, 0.1) is 0 Å². The van der Waals surface area contributed by atoms with Gasteiger partial charge in [-0.2, -0.15) is 0 Å². The third-order valence-electron chi connectivity index (χ3n) is 2.57. The molecule has 0 aromatic heterocycles. The number of nitrogens with zero attached hydrogens (tertiary/aromatic N) is 1. The molecule has 5 nitrogen and oxygen atoms in total. The van der Waals surface area contributed by atoms with E-state index in [0.29, 0.717) is 5.69 Å². The first-order valence-electron chi connectivity index (χ1n) is 6.46. The molecule has 0 aliphatic carbocycles. The second-order valence-electron chi connectivity index (χ2n) is 5.56. The highest BCUT2D eigenvalue weighted by Gasteiger charge is 2.18. The molecule has 0 spiro atoms. The zero-order chi connectivity index (χ0) is 15.3. The molecule has 0 fully saturated rings. The first kappa shape index (κ1) is 16.0. The molecule has 0 bridgehead atoms. The van der Waals surface area contributed by atoms with Crippen LogP contribution in [0.5, 0.6) is 5.75 Å². The fraction of sp³-hybridized carbons (Fsp3) is 0.467. The van der Waals surface area contributed by atoms with Gasteiger partial charge in [0.1, 0.15) is 11.4 Å². The molecule has 20 heavy (non-hydrogen) atoms. The number of ether oxygens (including phenoxy) is 1. The Labute approximate surface area is 119 Å². The molecular weight excluding hydrogens is 258 g/mol. The van der Waals surface area contributed by atoms with E-state index in [4.69, 9.17) is 4.74 Å². The maximum atomic E-state index is 12.0. The Morgan fingerprint density at radius 2 is 1.70 bits per heavy atom. The number of carbonyl (C=O) groups excluding carboxylic acids is 2. The van der Waals surface area contributed by atoms with Crippen molar-refractivity contribution in [3.8, 4) is 5.75 Å². The Balaban J connectivity index is 2.50. The van der Waals surface area contributed by atoms with E-state index < -0.39 is 5.60 Å². The lowest BCUT2D eigenvalue weighted by Crippen LogP contribution is -2.28. The number of carbonyl (C=O) groups is 2. The van der Waals surface area contributed by atoms with Gasteiger partial charge < -0.3 is 14.7 Å². The molecule has 0 saturated carbocycles. The van der Waals surface area contributed by atoms with Gasteiger partial charge in [0.25, 0.3) is 0 Å². The molecule has 0 saturated heterocycles. The summed E-state index contributed by atoms with van der Waals surface area (Å²) in [6.07, 6.45) is 0.144. The van der Waals surface area contributed by atoms with Crippen LogP contribution in [0.2, 0.25) is 0 Å². The van der Waals surface area contributed by atoms with E-state index in [1.807, 2.05) is 0 Å². The number of anilines is 1. The number of phenols is 1. The third kappa shape index (κ3) is 5.30. The summed E-state index contributed by atoms with van der Waals surface area (Å²) >= 11 is 0. The molecule has 0 heterocycles. The minimum Gasteiger partial charge on any atom is -0.508 e. The lowest BCUT2D eigenvalue weighted by Gasteiger charge is -2.20. The molecule has 0 atom stereocenters. The van der Waals surface area contributed by atoms with Crippen molar-refractivity contribution in [2.24, 2.45) is 0 Å². The van der Waals surface area contributed by atoms with Gasteiger partial charge in [0, 0.05) is 19.2 Å². The Kier molecular flexibility index (Phi) is 5.13. The number of phenolic OH excluding ortho intramolecular Hbond substituents is 1. The van der Waals surface area contributed by atoms with Crippen molar-refractivity contribution in [3.05, 3.63) is 24.3 Å². The average Bonchev–Trinajstić information content (AvgIpc) is 2.34. The predicted molar refractivity (Wildman–Crippen MR) is 76.6 cm³/mol. The second-order valence-corrected chi connectivity index (χ2v) is 5.56. The number of aromatic hydroxyl groups is 1. The van der Waals surface area contributed by atoms with Crippen LogP contribution in [0.1, 0.15) is 33.6 Å². The highest BCUT2D eigenvalue weighted by molar-refractivity contribution is 5.94. The van der Waals surface area contributed by atoms with E-state index >= 15 is 0 Å². The van der Waals surface area contributed by atoms with Gasteiger partial charge in [-0.05, 0) is 45.0 Å². The number of esters is 1. The second kappa shape index (κ2) is 6.41. The van der Waals surface area contributed by atoms with Crippen molar-refractivity contribution in [2.45, 2.75) is 39.2 Å². The van der Waals surface area contributed by atoms with Crippen LogP contribution in [0.25, 0.3) is 0 Å². The lowest BCUT2D eigenvalue weighted by atomic mass is 10.2. The first-order valence-corrected chi connectivity index (χ1v) is 6.46. The number of amides is 1. The summed E-state index contributed by atoms with van der Waals surface area (Å²) in [6.45, 7) is 5.36. The molecule has 1 aromatic carbocycles. The summed E-state index contributed by atoms with van der Waals surface area (Å²) in [5, 5.41) is 9.20. The summed E-state index contributed by atoms with van der Waals surface area (Å²) in [4.78, 5) is 24.9. The normalized spacial score (nSPS) is 11.0. The van der Waals surface area contributed by atoms with Gasteiger partial charge in [0.05, 0.1) is 6.42 Å². The van der Waals surface area contributed by atoms with E-state index in [-0.39, 0.29) is 30.5 Å². The van der Waals surface area contributed by atoms with Gasteiger partial charge in [-0.1, -0.05) is 0 Å². The largest absolute Gasteiger partial charge is 0.508 e. The Morgan fingerprint density at radius 1 is 1.15 bits per heavy atom. The van der Waals surface area contributed by atoms with Crippen LogP contribution in [0.3, 0.4) is 0 Å². The maximum absolute atomic E-state index is 12.0. The highest BCUT2D eigenvalue weighted by Crippen LogP contribution is 2.18. The number of hydrogen-bond donors (Lipinski definition) is 1. The molecule has 5 heteroatoms. The molecule has 110 valence electrons. The van der Waals surface area contributed by atoms with E-state index in [1.54, 1.807) is 40.0 Å². The Morgan fingerprint density at radius 3 is 2.20 bits per heavy atom. The molecule has 1 rings (SSSR count). The maximum Gasteiger partial charge on any atom is 0.306 e. The van der Waals surface area contributed by atoms with Crippen LogP contribution in [-0.2, 0) is 14.3 Å². The average molecular weight is 279 g/mol. The Hall–Kier alpha value is -2.04. The van der Waals surface area contributed by atoms with Gasteiger partial charge in [0.15, 0.2) is 0 Å². The van der Waals surface area contributed by atoms with Crippen molar-refractivity contribution < 1.29 is 19.4 Å². The SMILES string of the molecule is CN(C(=O)CCC(=O)OC(C)(C)C)c1ccc(O)cc1. The van der Waals surface area contributed by atoms with E-state index in [2.05, 4.69) is 0 Å². The summed E-state index contributed by atoms with van der Waals surface area (Å²) in [6, 6.07) is 6.29. The predicted octanol–water partition coefficient (Wildman–Crippen LogP) is 2.48. The molecule has 0 radical (unpaired) electrons. The first-order chi connectivity index (χ1) is 9.19. The minimum absolute atomic E-state index is 0.0541. The van der Waals surface area contributed by atoms with Gasteiger partial charge in [-0.3, -0.25) is 9.59 Å². The van der Waals surface area contributed by atoms with Crippen molar-refractivity contribution in [3.63, 3.8) is 0 Å². The summed E-state index contributed by atoms with van der Waals surface area (Å²) in [5.74, 6) is -0.421. The van der Waals surface area contributed by atoms with Crippen LogP contribution in [-0.4, -0.2) is 29.6 Å². The fourth-order valence-corrected chi connectivity index (χ4v) is 1.59. The minimum atomic E-state index is -0.539. The quantitative estimate of drug-likeness (QED) is 0.860. The van der Waals surface area contributed by atoms with Crippen molar-refractivity contribution in [1.82, 2.24) is 0 Å². The van der Waals surface area contributed by atoms with E-state index in [1.165, 1.54) is 17.0 Å². The monoisotopic (exact) mass is 279 g/mol. The fourth-order valence-electron chi connectivity index (χ4n) is 1.59. The number of hydrogen-bond acceptors (Lipinski definition) is 4. The highest BCUT2D eigenvalue weighted by atomic mass is 16.6. The van der Waals surface area contributed by atoms with Gasteiger partial charge in [-0.15, -0.1) is 0 Å². The molecule has 1 aromatic rings. The standard InChI is InChI=1S/C15H21NO4/c1-15(2,3)20-14(19)10-9-13(18)16(4)11-5-7-12(17)8-6-11/h5-8,17H,9-10H2,1-4H3. The zero-order valence-electron chi connectivity index (χ0n) is 12.3. The van der Waals surface area contributed by atoms with Gasteiger partial charge in [-0.25, -0.2) is 0 Å². The topological polar surface area (TPSA) is 66.8 Å². The summed E-state index contributed by atoms with van der Waals surface area (Å²) in [5.41, 5.74) is 0.125. The molecule has 0 aliphatic heterocycles. The molecule has 1 N–H and O–H groups in total. The van der Waals surface area contributed by atoms with Gasteiger partial charge in [0.2, 0.25) is 5.91 Å². The van der Waals surface area contributed by atoms with Gasteiger partial charge >= 0.3 is 5.97 Å². The summed E-state index contributed by atoms with van der Waals surface area (Å²) in [7, 11) is 1.63. The lowest BCUT2D eigenvalue weighted by molar-refractivity contribution is -0.155. The summed E-state index contributed by atoms with van der Waals surface area (Å²) < 4.78 is 5.15. The van der Waals surface area contributed by atoms with Crippen LogP contribution in [0.4, 0.5) is 5.69 Å². The zero-order valence-corrected chi connectivity index (χ0v) is 12.3. The molecule has 0 aliphatic rings. The van der Waals surface area contributed by atoms with Crippen molar-refractivity contribution in [2.75, 3.05) is 11.9 Å². The van der Waals surface area contributed by atoms with E-state index in [9.17, 15) is 14.7 Å². The third-order valence-corrected chi connectivity index (χ3v) is 2.57. The smallest absolute Gasteiger partial charge is 0.306 e. The molecule has 1 amide bonds. The molecular formula is C15H21NO4. The van der Waals surface area contributed by atoms with E-state index in [0.717, 1.165) is 0 Å². The van der Waals surface area contributed by atoms with Crippen LogP contribution >= 0.6 is 0 Å². The van der Waals surface area contributed by atoms with Crippen LogP contribution < -0.4 is 4.90 Å². The van der Waals surface area contributed by atoms with Crippen LogP contribution in [0.15, 0.2) is 24.3 Å².